The normalized spacial score (nSPS) is 13.5. The number of carbonyl (C=O) groups is 1. The molecule has 14 heteroatoms. The Morgan fingerprint density at radius 1 is 0.778 bits per heavy atom. The van der Waals surface area contributed by atoms with E-state index in [1.54, 1.807) is 12.3 Å². The summed E-state index contributed by atoms with van der Waals surface area (Å²) in [4.78, 5) is 32.9. The summed E-state index contributed by atoms with van der Waals surface area (Å²) in [6, 6.07) is 17.5. The summed E-state index contributed by atoms with van der Waals surface area (Å²) in [6.07, 6.45) is 5.75. The number of carbonyl (C=O) groups excluding carboxylic acids is 1. The van der Waals surface area contributed by atoms with Gasteiger partial charge in [0, 0.05) is 93.6 Å². The van der Waals surface area contributed by atoms with Crippen LogP contribution < -0.4 is 26.6 Å². The molecule has 0 aliphatic carbocycles. The van der Waals surface area contributed by atoms with Crippen LogP contribution in [-0.4, -0.2) is 79.8 Å². The van der Waals surface area contributed by atoms with E-state index >= 15 is 0 Å². The lowest BCUT2D eigenvalue weighted by molar-refractivity contribution is 0.0947. The Kier molecular flexibility index (Phi) is 10.6. The van der Waals surface area contributed by atoms with Gasteiger partial charge in [0.15, 0.2) is 0 Å². The molecule has 8 heterocycles. The predicted molar refractivity (Wildman–Crippen MR) is 216 cm³/mol. The number of aryl methyl sites for hydroxylation is 2. The van der Waals surface area contributed by atoms with Gasteiger partial charge in [-0.3, -0.25) is 4.79 Å². The van der Waals surface area contributed by atoms with E-state index in [1.165, 1.54) is 11.3 Å². The first kappa shape index (κ1) is 36.2. The van der Waals surface area contributed by atoms with Crippen LogP contribution in [0.25, 0.3) is 27.8 Å². The molecule has 1 amide bonds. The lowest BCUT2D eigenvalue weighted by Crippen LogP contribution is -2.32. The van der Waals surface area contributed by atoms with Crippen molar-refractivity contribution in [3.8, 4) is 0 Å². The molecule has 13 nitrogen and oxygen atoms in total. The van der Waals surface area contributed by atoms with Gasteiger partial charge in [0.25, 0.3) is 5.91 Å². The number of nitrogens with zero attached hydrogens (tertiary/aromatic N) is 7. The fourth-order valence-electron chi connectivity index (χ4n) is 7.01. The van der Waals surface area contributed by atoms with Gasteiger partial charge in [-0.1, -0.05) is 26.0 Å². The fraction of sp³-hybridized carbons (Fsp3) is 0.325. The summed E-state index contributed by atoms with van der Waals surface area (Å²) < 4.78 is 16.4. The summed E-state index contributed by atoms with van der Waals surface area (Å²) in [5.74, 6) is 3.71. The average molecular weight is 731 g/mol. The molecule has 2 aliphatic heterocycles. The van der Waals surface area contributed by atoms with Gasteiger partial charge in [-0.05, 0) is 55.0 Å². The lowest BCUT2D eigenvalue weighted by Gasteiger charge is -2.27. The van der Waals surface area contributed by atoms with Crippen LogP contribution in [0.3, 0.4) is 0 Å². The largest absolute Gasteiger partial charge is 0.381 e. The highest BCUT2D eigenvalue weighted by atomic mass is 19.1. The molecular formula is C40H47FN12O. The molecule has 54 heavy (non-hydrogen) atoms. The Labute approximate surface area is 314 Å². The summed E-state index contributed by atoms with van der Waals surface area (Å²) in [5, 5.41) is 17.7. The molecule has 6 aromatic rings. The van der Waals surface area contributed by atoms with Crippen LogP contribution in [0.1, 0.15) is 47.1 Å². The first-order valence-corrected chi connectivity index (χ1v) is 18.4. The smallest absolute Gasteiger partial charge is 0.253 e. The summed E-state index contributed by atoms with van der Waals surface area (Å²) in [7, 11) is 6.12. The second kappa shape index (κ2) is 15.8. The number of amides is 1. The standard InChI is InChI=1S/C22H28N6.C18H19FN6O/c1-5-6-13-23-18-8-7-9-19(24-18)25-20-11-10-16-21-15(2)27(3)14-12-17(21)28(4)22(16)26-20;1-25-13-6-8-21-18(26)16(13)12-3-5-15(24-17(12)25)23-14-4-2-11(10-22-14)20-9-7-19/h7-11H,2,5-6,12-14H2,1,3-4H3,(H2,23,24,25,26);2-5,10,20H,6-9H2,1H3,(H,21,26)(H,22,23,24). The Balaban J connectivity index is 0.000000167. The predicted octanol–water partition coefficient (Wildman–Crippen LogP) is 6.76. The molecule has 0 aromatic carbocycles. The van der Waals surface area contributed by atoms with Gasteiger partial charge >= 0.3 is 0 Å². The van der Waals surface area contributed by atoms with E-state index in [1.807, 2.05) is 54.1 Å². The number of halogens is 1. The van der Waals surface area contributed by atoms with Crippen molar-refractivity contribution >= 4 is 68.4 Å². The molecule has 0 bridgehead atoms. The summed E-state index contributed by atoms with van der Waals surface area (Å²) >= 11 is 0. The first-order chi connectivity index (χ1) is 26.2. The third-order valence-electron chi connectivity index (χ3n) is 9.90. The Morgan fingerprint density at radius 3 is 2.11 bits per heavy atom. The fourth-order valence-corrected chi connectivity index (χ4v) is 7.01. The van der Waals surface area contributed by atoms with Gasteiger partial charge in [-0.15, -0.1) is 0 Å². The van der Waals surface area contributed by atoms with Gasteiger partial charge in [0.05, 0.1) is 17.4 Å². The maximum atomic E-state index is 12.2. The number of aromatic nitrogens is 6. The second-order valence-corrected chi connectivity index (χ2v) is 13.5. The molecule has 0 spiro atoms. The Hall–Kier alpha value is -6.18. The van der Waals surface area contributed by atoms with Crippen LogP contribution >= 0.6 is 0 Å². The molecule has 0 unspecified atom stereocenters. The topological polar surface area (TPSA) is 142 Å². The van der Waals surface area contributed by atoms with Gasteiger partial charge in [0.2, 0.25) is 0 Å². The van der Waals surface area contributed by atoms with Crippen LogP contribution in [0.5, 0.6) is 0 Å². The maximum absolute atomic E-state index is 12.2. The van der Waals surface area contributed by atoms with E-state index in [2.05, 4.69) is 84.7 Å². The Morgan fingerprint density at radius 2 is 1.43 bits per heavy atom. The summed E-state index contributed by atoms with van der Waals surface area (Å²) in [6.45, 7) is 8.87. The van der Waals surface area contributed by atoms with E-state index in [-0.39, 0.29) is 12.5 Å². The number of pyridine rings is 4. The molecular weight excluding hydrogens is 684 g/mol. The zero-order chi connectivity index (χ0) is 37.8. The van der Waals surface area contributed by atoms with E-state index < -0.39 is 6.67 Å². The van der Waals surface area contributed by atoms with Crippen LogP contribution in [0.4, 0.5) is 39.2 Å². The van der Waals surface area contributed by atoms with Crippen LogP contribution in [0.2, 0.25) is 0 Å². The molecule has 0 atom stereocenters. The highest BCUT2D eigenvalue weighted by Crippen LogP contribution is 2.35. The number of likely N-dealkylation sites (N-methyl/N-ethyl adjacent to an activating group) is 1. The molecule has 5 N–H and O–H groups in total. The van der Waals surface area contributed by atoms with Gasteiger partial charge in [-0.25, -0.2) is 24.3 Å². The number of alkyl halides is 1. The van der Waals surface area contributed by atoms with Crippen molar-refractivity contribution in [2.24, 2.45) is 14.1 Å². The zero-order valence-electron chi connectivity index (χ0n) is 31.3. The number of rotatable bonds is 11. The molecule has 280 valence electrons. The molecule has 0 radical (unpaired) electrons. The number of anilines is 6. The van der Waals surface area contributed by atoms with E-state index in [9.17, 15) is 9.18 Å². The van der Waals surface area contributed by atoms with E-state index in [4.69, 9.17) is 4.98 Å². The first-order valence-electron chi connectivity index (χ1n) is 18.4. The van der Waals surface area contributed by atoms with E-state index in [0.29, 0.717) is 23.7 Å². The minimum absolute atomic E-state index is 0.0441. The van der Waals surface area contributed by atoms with Gasteiger partial charge in [-0.2, -0.15) is 0 Å². The molecule has 0 fully saturated rings. The van der Waals surface area contributed by atoms with Crippen molar-refractivity contribution < 1.29 is 9.18 Å². The van der Waals surface area contributed by atoms with Crippen molar-refractivity contribution in [1.29, 1.82) is 0 Å². The highest BCUT2D eigenvalue weighted by molar-refractivity contribution is 6.08. The molecule has 6 aromatic heterocycles. The SMILES string of the molecule is C=C1c2c(n(C)c3nc(Nc4cccc(NCCCC)n4)ccc23)CCN1C.Cn1c2c(c3ccc(Nc4ccc(NCCF)cn4)nc31)C(=O)NCC2. The second-order valence-electron chi connectivity index (χ2n) is 13.5. The van der Waals surface area contributed by atoms with Crippen molar-refractivity contribution in [3.63, 3.8) is 0 Å². The number of unbranched alkanes of at least 4 members (excludes halogenated alkanes) is 1. The van der Waals surface area contributed by atoms with Gasteiger partial charge < -0.3 is 40.6 Å². The maximum Gasteiger partial charge on any atom is 0.253 e. The molecule has 0 saturated heterocycles. The van der Waals surface area contributed by atoms with Crippen molar-refractivity contribution in [1.82, 2.24) is 39.3 Å². The van der Waals surface area contributed by atoms with Crippen molar-refractivity contribution in [2.45, 2.75) is 32.6 Å². The minimum Gasteiger partial charge on any atom is -0.381 e. The van der Waals surface area contributed by atoms with Crippen molar-refractivity contribution in [2.75, 3.05) is 61.2 Å². The highest BCUT2D eigenvalue weighted by Gasteiger charge is 2.26. The van der Waals surface area contributed by atoms with Gasteiger partial charge in [0.1, 0.15) is 47.1 Å². The summed E-state index contributed by atoms with van der Waals surface area (Å²) in [5.41, 5.74) is 7.83. The van der Waals surface area contributed by atoms with E-state index in [0.717, 1.165) is 95.4 Å². The number of hydrogen-bond donors (Lipinski definition) is 5. The third-order valence-corrected chi connectivity index (χ3v) is 9.90. The molecule has 8 rings (SSSR count). The Bertz CT molecular complexity index is 2310. The number of hydrogen-bond acceptors (Lipinski definition) is 10. The zero-order valence-corrected chi connectivity index (χ0v) is 31.3. The minimum atomic E-state index is -0.428. The lowest BCUT2D eigenvalue weighted by atomic mass is 10.0. The van der Waals surface area contributed by atoms with Crippen LogP contribution in [0.15, 0.2) is 67.4 Å². The van der Waals surface area contributed by atoms with Crippen molar-refractivity contribution in [3.05, 3.63) is 89.9 Å². The van der Waals surface area contributed by atoms with Crippen LogP contribution in [0, 0.1) is 0 Å². The molecule has 0 saturated carbocycles. The monoisotopic (exact) mass is 730 g/mol. The molecule has 2 aliphatic rings. The number of fused-ring (bicyclic) bond motifs is 6. The van der Waals surface area contributed by atoms with Crippen LogP contribution in [-0.2, 0) is 26.9 Å². The number of nitrogens with one attached hydrogen (secondary N) is 5. The third kappa shape index (κ3) is 7.36. The average Bonchev–Trinajstić information content (AvgIpc) is 3.63. The quantitative estimate of drug-likeness (QED) is 0.0908.